The van der Waals surface area contributed by atoms with Crippen molar-refractivity contribution < 1.29 is 17.6 Å². The predicted molar refractivity (Wildman–Crippen MR) is 83.9 cm³/mol. The molecule has 1 amide bonds. The highest BCUT2D eigenvalue weighted by molar-refractivity contribution is 7.89. The van der Waals surface area contributed by atoms with Crippen molar-refractivity contribution in [1.29, 1.82) is 0 Å². The smallest absolute Gasteiger partial charge is 0.243 e. The molecular formula is C13H19ClFN3O3S. The molecule has 0 radical (unpaired) electrons. The van der Waals surface area contributed by atoms with E-state index in [0.717, 1.165) is 25.0 Å². The third-order valence-electron chi connectivity index (χ3n) is 3.01. The molecule has 1 aliphatic rings. The number of rotatable bonds is 7. The van der Waals surface area contributed by atoms with Crippen molar-refractivity contribution in [2.24, 2.45) is 5.73 Å². The highest BCUT2D eigenvalue weighted by Gasteiger charge is 2.29. The number of halogens is 2. The number of sulfonamides is 1. The lowest BCUT2D eigenvalue weighted by molar-refractivity contribution is -0.116. The Morgan fingerprint density at radius 2 is 2.05 bits per heavy atom. The molecule has 1 aliphatic carbocycles. The number of hydrogen-bond acceptors (Lipinski definition) is 4. The first kappa shape index (κ1) is 18.8. The second kappa shape index (κ2) is 7.87. The Kier molecular flexibility index (Phi) is 6.73. The lowest BCUT2D eigenvalue weighted by Crippen LogP contribution is -2.26. The monoisotopic (exact) mass is 351 g/mol. The van der Waals surface area contributed by atoms with Gasteiger partial charge in [0.1, 0.15) is 10.7 Å². The topological polar surface area (TPSA) is 101 Å². The Hall–Kier alpha value is -1.22. The Balaban J connectivity index is 0.00000242. The van der Waals surface area contributed by atoms with E-state index in [9.17, 15) is 17.6 Å². The molecule has 1 saturated carbocycles. The minimum absolute atomic E-state index is 0. The molecule has 0 saturated heterocycles. The van der Waals surface area contributed by atoms with Gasteiger partial charge in [0.05, 0.1) is 0 Å². The molecule has 22 heavy (non-hydrogen) atoms. The van der Waals surface area contributed by atoms with Gasteiger partial charge in [-0.05, 0) is 44.0 Å². The van der Waals surface area contributed by atoms with Crippen molar-refractivity contribution >= 4 is 34.0 Å². The van der Waals surface area contributed by atoms with E-state index < -0.39 is 20.7 Å². The van der Waals surface area contributed by atoms with Crippen LogP contribution in [0.1, 0.15) is 25.7 Å². The van der Waals surface area contributed by atoms with Crippen LogP contribution in [-0.2, 0) is 14.8 Å². The van der Waals surface area contributed by atoms with Crippen molar-refractivity contribution in [1.82, 2.24) is 4.72 Å². The maximum Gasteiger partial charge on any atom is 0.243 e. The molecule has 124 valence electrons. The third kappa shape index (κ3) is 5.20. The van der Waals surface area contributed by atoms with Gasteiger partial charge >= 0.3 is 0 Å². The summed E-state index contributed by atoms with van der Waals surface area (Å²) >= 11 is 0. The van der Waals surface area contributed by atoms with E-state index in [1.165, 1.54) is 6.07 Å². The second-order valence-corrected chi connectivity index (χ2v) is 6.66. The minimum Gasteiger partial charge on any atom is -0.330 e. The van der Waals surface area contributed by atoms with Crippen LogP contribution >= 0.6 is 12.4 Å². The van der Waals surface area contributed by atoms with Crippen LogP contribution in [0.15, 0.2) is 23.1 Å². The van der Waals surface area contributed by atoms with Crippen molar-refractivity contribution in [3.8, 4) is 0 Å². The van der Waals surface area contributed by atoms with Gasteiger partial charge in [-0.2, -0.15) is 0 Å². The molecule has 0 spiro atoms. The molecule has 0 aliphatic heterocycles. The standard InChI is InChI=1S/C13H18FN3O3S.ClH/c14-11-6-5-10(16-13(18)2-1-7-15)8-12(11)21(19,20)17-9-3-4-9;/h5-6,8-9,17H,1-4,7,15H2,(H,16,18);1H. The zero-order valence-corrected chi connectivity index (χ0v) is 13.5. The molecule has 1 fully saturated rings. The summed E-state index contributed by atoms with van der Waals surface area (Å²) in [6.45, 7) is 0.391. The molecular weight excluding hydrogens is 333 g/mol. The average molecular weight is 352 g/mol. The fraction of sp³-hybridized carbons (Fsp3) is 0.462. The molecule has 0 aromatic heterocycles. The average Bonchev–Trinajstić information content (AvgIpc) is 3.21. The predicted octanol–water partition coefficient (Wildman–Crippen LogP) is 1.37. The van der Waals surface area contributed by atoms with Crippen LogP contribution in [0.2, 0.25) is 0 Å². The molecule has 6 nitrogen and oxygen atoms in total. The van der Waals surface area contributed by atoms with E-state index in [1.807, 2.05) is 0 Å². The molecule has 0 unspecified atom stereocenters. The maximum atomic E-state index is 13.7. The quantitative estimate of drug-likeness (QED) is 0.690. The normalized spacial score (nSPS) is 14.3. The number of anilines is 1. The van der Waals surface area contributed by atoms with Gasteiger partial charge in [0.2, 0.25) is 15.9 Å². The van der Waals surface area contributed by atoms with Crippen LogP contribution in [0.25, 0.3) is 0 Å². The van der Waals surface area contributed by atoms with Gasteiger partial charge in [-0.25, -0.2) is 17.5 Å². The molecule has 2 rings (SSSR count). The van der Waals surface area contributed by atoms with Crippen molar-refractivity contribution in [2.45, 2.75) is 36.6 Å². The second-order valence-electron chi connectivity index (χ2n) is 4.98. The molecule has 1 aromatic carbocycles. The van der Waals surface area contributed by atoms with Crippen LogP contribution < -0.4 is 15.8 Å². The zero-order valence-electron chi connectivity index (χ0n) is 11.8. The van der Waals surface area contributed by atoms with E-state index in [-0.39, 0.29) is 36.5 Å². The summed E-state index contributed by atoms with van der Waals surface area (Å²) < 4.78 is 40.2. The van der Waals surface area contributed by atoms with Gasteiger partial charge in [-0.3, -0.25) is 4.79 Å². The van der Waals surface area contributed by atoms with E-state index >= 15 is 0 Å². The first-order chi connectivity index (χ1) is 9.92. The number of carbonyl (C=O) groups excluding carboxylic acids is 1. The first-order valence-corrected chi connectivity index (χ1v) is 8.22. The maximum absolute atomic E-state index is 13.7. The minimum atomic E-state index is -3.90. The number of nitrogens with two attached hydrogens (primary N) is 1. The van der Waals surface area contributed by atoms with Gasteiger partial charge in [-0.1, -0.05) is 0 Å². The molecule has 1 aromatic rings. The number of carbonyl (C=O) groups is 1. The van der Waals surface area contributed by atoms with Gasteiger partial charge in [0.15, 0.2) is 0 Å². The Labute approximate surface area is 135 Å². The van der Waals surface area contributed by atoms with Gasteiger partial charge in [-0.15, -0.1) is 12.4 Å². The summed E-state index contributed by atoms with van der Waals surface area (Å²) in [5.74, 6) is -1.13. The Bertz CT molecular complexity index is 635. The summed E-state index contributed by atoms with van der Waals surface area (Å²) in [5.41, 5.74) is 5.55. The summed E-state index contributed by atoms with van der Waals surface area (Å²) in [7, 11) is -3.90. The van der Waals surface area contributed by atoms with Crippen LogP contribution in [0, 0.1) is 5.82 Å². The lowest BCUT2D eigenvalue weighted by Gasteiger charge is -2.10. The van der Waals surface area contributed by atoms with Crippen molar-refractivity contribution in [3.63, 3.8) is 0 Å². The first-order valence-electron chi connectivity index (χ1n) is 6.74. The molecule has 9 heteroatoms. The van der Waals surface area contributed by atoms with Gasteiger partial charge in [0, 0.05) is 18.2 Å². The zero-order chi connectivity index (χ0) is 15.5. The number of benzene rings is 1. The van der Waals surface area contributed by atoms with E-state index in [1.54, 1.807) is 0 Å². The highest BCUT2D eigenvalue weighted by atomic mass is 35.5. The van der Waals surface area contributed by atoms with Gasteiger partial charge in [0.25, 0.3) is 0 Å². The van der Waals surface area contributed by atoms with E-state index in [4.69, 9.17) is 5.73 Å². The Morgan fingerprint density at radius 1 is 1.36 bits per heavy atom. The number of hydrogen-bond donors (Lipinski definition) is 3. The third-order valence-corrected chi connectivity index (χ3v) is 4.55. The van der Waals surface area contributed by atoms with Crippen molar-refractivity contribution in [2.75, 3.05) is 11.9 Å². The summed E-state index contributed by atoms with van der Waals surface area (Å²) in [6, 6.07) is 3.36. The van der Waals surface area contributed by atoms with Crippen LogP contribution in [0.4, 0.5) is 10.1 Å². The lowest BCUT2D eigenvalue weighted by atomic mass is 10.2. The summed E-state index contributed by atoms with van der Waals surface area (Å²) in [5, 5.41) is 2.53. The summed E-state index contributed by atoms with van der Waals surface area (Å²) in [4.78, 5) is 11.1. The van der Waals surface area contributed by atoms with Crippen LogP contribution in [0.5, 0.6) is 0 Å². The summed E-state index contributed by atoms with van der Waals surface area (Å²) in [6.07, 6.45) is 2.28. The van der Waals surface area contributed by atoms with Crippen molar-refractivity contribution in [3.05, 3.63) is 24.0 Å². The number of amides is 1. The van der Waals surface area contributed by atoms with Gasteiger partial charge < -0.3 is 11.1 Å². The molecule has 4 N–H and O–H groups in total. The SMILES string of the molecule is Cl.NCCCC(=O)Nc1ccc(F)c(S(=O)(=O)NC2CC2)c1. The highest BCUT2D eigenvalue weighted by Crippen LogP contribution is 2.25. The molecule has 0 heterocycles. The largest absolute Gasteiger partial charge is 0.330 e. The fourth-order valence-corrected chi connectivity index (χ4v) is 3.17. The molecule has 0 bridgehead atoms. The molecule has 0 atom stereocenters. The van der Waals surface area contributed by atoms with Crippen LogP contribution in [-0.4, -0.2) is 26.9 Å². The van der Waals surface area contributed by atoms with E-state index in [0.29, 0.717) is 13.0 Å². The fourth-order valence-electron chi connectivity index (χ4n) is 1.76. The Morgan fingerprint density at radius 3 is 2.64 bits per heavy atom. The number of nitrogens with one attached hydrogen (secondary N) is 2. The van der Waals surface area contributed by atoms with Crippen LogP contribution in [0.3, 0.4) is 0 Å². The van der Waals surface area contributed by atoms with E-state index in [2.05, 4.69) is 10.0 Å².